The van der Waals surface area contributed by atoms with E-state index < -0.39 is 18.0 Å². The number of rotatable bonds is 4. The van der Waals surface area contributed by atoms with E-state index in [1.165, 1.54) is 14.0 Å². The lowest BCUT2D eigenvalue weighted by atomic mass is 10.2. The summed E-state index contributed by atoms with van der Waals surface area (Å²) in [5.74, 6) is 3.67. The molecule has 0 aliphatic carbocycles. The molecule has 15 heavy (non-hydrogen) atoms. The number of ether oxygens (including phenoxy) is 2. The first-order valence-electron chi connectivity index (χ1n) is 4.47. The summed E-state index contributed by atoms with van der Waals surface area (Å²) in [6.07, 6.45) is 2.29. The van der Waals surface area contributed by atoms with Crippen LogP contribution >= 0.6 is 0 Å². The van der Waals surface area contributed by atoms with Gasteiger partial charge in [-0.25, -0.2) is 4.79 Å². The molecule has 0 bridgehead atoms. The molecule has 82 valence electrons. The molecule has 0 aromatic rings. The molecule has 0 radical (unpaired) electrons. The number of carbonyl (C=O) groups excluding carboxylic acids is 2. The first-order valence-corrected chi connectivity index (χ1v) is 4.47. The van der Waals surface area contributed by atoms with Gasteiger partial charge in [0.2, 0.25) is 0 Å². The molecule has 1 atom stereocenters. The third-order valence-corrected chi connectivity index (χ3v) is 1.46. The lowest BCUT2D eigenvalue weighted by molar-refractivity contribution is -0.144. The lowest BCUT2D eigenvalue weighted by Gasteiger charge is -2.08. The quantitative estimate of drug-likeness (QED) is 0.301. The van der Waals surface area contributed by atoms with Gasteiger partial charge < -0.3 is 9.47 Å². The Morgan fingerprint density at radius 1 is 1.53 bits per heavy atom. The van der Waals surface area contributed by atoms with Crippen molar-refractivity contribution < 1.29 is 19.1 Å². The van der Waals surface area contributed by atoms with Crippen LogP contribution in [-0.4, -0.2) is 25.2 Å². The fourth-order valence-electron chi connectivity index (χ4n) is 0.821. The van der Waals surface area contributed by atoms with Gasteiger partial charge in [-0.1, -0.05) is 6.08 Å². The zero-order valence-electron chi connectivity index (χ0n) is 8.91. The number of methoxy groups -OCH3 is 1. The highest BCUT2D eigenvalue weighted by Crippen LogP contribution is 2.02. The van der Waals surface area contributed by atoms with Crippen molar-refractivity contribution >= 4 is 11.9 Å². The molecule has 0 aliphatic heterocycles. The van der Waals surface area contributed by atoms with E-state index in [1.807, 2.05) is 0 Å². The van der Waals surface area contributed by atoms with E-state index >= 15 is 0 Å². The summed E-state index contributed by atoms with van der Waals surface area (Å²) in [4.78, 5) is 21.4. The second-order valence-corrected chi connectivity index (χ2v) is 2.73. The molecule has 0 amide bonds. The van der Waals surface area contributed by atoms with Crippen molar-refractivity contribution in [2.24, 2.45) is 0 Å². The standard InChI is InChI=1S/C11H14O4/c1-4-5-6-10(15-9(2)12)7-8-11(13)14-3/h4,10H,1,5-6H2,2-3H3/t10-/m0/s1. The van der Waals surface area contributed by atoms with Crippen molar-refractivity contribution in [3.05, 3.63) is 12.7 Å². The van der Waals surface area contributed by atoms with Crippen LogP contribution < -0.4 is 0 Å². The summed E-state index contributed by atoms with van der Waals surface area (Å²) in [5.41, 5.74) is 0. The number of hydrogen-bond acceptors (Lipinski definition) is 4. The second kappa shape index (κ2) is 7.63. The number of esters is 2. The Morgan fingerprint density at radius 3 is 2.67 bits per heavy atom. The van der Waals surface area contributed by atoms with Gasteiger partial charge in [0.05, 0.1) is 7.11 Å². The van der Waals surface area contributed by atoms with Gasteiger partial charge in [0.1, 0.15) is 0 Å². The zero-order chi connectivity index (χ0) is 11.7. The lowest BCUT2D eigenvalue weighted by Crippen LogP contribution is -2.14. The normalized spacial score (nSPS) is 10.5. The number of allylic oxidation sites excluding steroid dienone is 1. The minimum Gasteiger partial charge on any atom is -0.459 e. The van der Waals surface area contributed by atoms with E-state index in [-0.39, 0.29) is 0 Å². The average Bonchev–Trinajstić information content (AvgIpc) is 2.20. The molecule has 0 rings (SSSR count). The Balaban J connectivity index is 4.32. The van der Waals surface area contributed by atoms with Crippen molar-refractivity contribution in [1.82, 2.24) is 0 Å². The molecule has 0 spiro atoms. The molecule has 4 nitrogen and oxygen atoms in total. The first-order chi connectivity index (χ1) is 7.10. The smallest absolute Gasteiger partial charge is 0.384 e. The molecule has 0 heterocycles. The molecule has 0 saturated carbocycles. The Hall–Kier alpha value is -1.76. The van der Waals surface area contributed by atoms with Crippen molar-refractivity contribution in [3.63, 3.8) is 0 Å². The van der Waals surface area contributed by atoms with Gasteiger partial charge in [0.15, 0.2) is 6.10 Å². The van der Waals surface area contributed by atoms with Crippen molar-refractivity contribution in [3.8, 4) is 11.8 Å². The third-order valence-electron chi connectivity index (χ3n) is 1.46. The molecule has 0 saturated heterocycles. The van der Waals surface area contributed by atoms with Gasteiger partial charge in [-0.3, -0.25) is 4.79 Å². The summed E-state index contributed by atoms with van der Waals surface area (Å²) >= 11 is 0. The van der Waals surface area contributed by atoms with E-state index in [2.05, 4.69) is 23.2 Å². The highest BCUT2D eigenvalue weighted by Gasteiger charge is 2.07. The van der Waals surface area contributed by atoms with Crippen LogP contribution in [0, 0.1) is 11.8 Å². The summed E-state index contributed by atoms with van der Waals surface area (Å²) in [6.45, 7) is 4.84. The summed E-state index contributed by atoms with van der Waals surface area (Å²) < 4.78 is 9.22. The summed E-state index contributed by atoms with van der Waals surface area (Å²) in [7, 11) is 1.24. The molecular weight excluding hydrogens is 196 g/mol. The Kier molecular flexibility index (Phi) is 6.73. The van der Waals surface area contributed by atoms with E-state index in [0.717, 1.165) is 0 Å². The van der Waals surface area contributed by atoms with E-state index in [9.17, 15) is 9.59 Å². The topological polar surface area (TPSA) is 52.6 Å². The molecule has 0 unspecified atom stereocenters. The molecular formula is C11H14O4. The van der Waals surface area contributed by atoms with Gasteiger partial charge in [0, 0.05) is 12.8 Å². The minimum atomic E-state index is -0.647. The fourth-order valence-corrected chi connectivity index (χ4v) is 0.821. The predicted octanol–water partition coefficient (Wildman–Crippen LogP) is 1.06. The molecule has 0 fully saturated rings. The largest absolute Gasteiger partial charge is 0.459 e. The molecule has 0 aromatic carbocycles. The summed E-state index contributed by atoms with van der Waals surface area (Å²) in [6, 6.07) is 0. The molecule has 4 heteroatoms. The molecule has 0 aliphatic rings. The maximum absolute atomic E-state index is 10.7. The molecule has 0 aromatic heterocycles. The third kappa shape index (κ3) is 7.32. The maximum Gasteiger partial charge on any atom is 0.384 e. The van der Waals surface area contributed by atoms with Crippen molar-refractivity contribution in [1.29, 1.82) is 0 Å². The van der Waals surface area contributed by atoms with Crippen LogP contribution in [0.4, 0.5) is 0 Å². The second-order valence-electron chi connectivity index (χ2n) is 2.73. The maximum atomic E-state index is 10.7. The van der Waals surface area contributed by atoms with Gasteiger partial charge in [-0.15, -0.1) is 6.58 Å². The average molecular weight is 210 g/mol. The van der Waals surface area contributed by atoms with E-state index in [0.29, 0.717) is 12.8 Å². The van der Waals surface area contributed by atoms with E-state index in [4.69, 9.17) is 4.74 Å². The van der Waals surface area contributed by atoms with Gasteiger partial charge in [-0.05, 0) is 18.8 Å². The Bertz CT molecular complexity index is 295. The van der Waals surface area contributed by atoms with Crippen molar-refractivity contribution in [2.45, 2.75) is 25.9 Å². The highest BCUT2D eigenvalue weighted by atomic mass is 16.5. The Labute approximate surface area is 89.2 Å². The first kappa shape index (κ1) is 13.2. The van der Waals surface area contributed by atoms with E-state index in [1.54, 1.807) is 6.08 Å². The van der Waals surface area contributed by atoms with Crippen LogP contribution in [-0.2, 0) is 19.1 Å². The minimum absolute atomic E-state index is 0.428. The highest BCUT2D eigenvalue weighted by molar-refractivity contribution is 5.88. The fraction of sp³-hybridized carbons (Fsp3) is 0.455. The zero-order valence-corrected chi connectivity index (χ0v) is 8.91. The van der Waals surface area contributed by atoms with Gasteiger partial charge in [0.25, 0.3) is 0 Å². The van der Waals surface area contributed by atoms with Crippen LogP contribution in [0.1, 0.15) is 19.8 Å². The van der Waals surface area contributed by atoms with Gasteiger partial charge in [-0.2, -0.15) is 0 Å². The van der Waals surface area contributed by atoms with Crippen LogP contribution in [0.25, 0.3) is 0 Å². The van der Waals surface area contributed by atoms with Crippen LogP contribution in [0.5, 0.6) is 0 Å². The Morgan fingerprint density at radius 2 is 2.20 bits per heavy atom. The predicted molar refractivity (Wildman–Crippen MR) is 54.8 cm³/mol. The summed E-state index contributed by atoms with van der Waals surface area (Å²) in [5, 5.41) is 0. The number of hydrogen-bond donors (Lipinski definition) is 0. The van der Waals surface area contributed by atoms with Crippen LogP contribution in [0.15, 0.2) is 12.7 Å². The van der Waals surface area contributed by atoms with Gasteiger partial charge >= 0.3 is 11.9 Å². The SMILES string of the molecule is C=CCC[C@@H](C#CC(=O)OC)OC(C)=O. The van der Waals surface area contributed by atoms with Crippen molar-refractivity contribution in [2.75, 3.05) is 7.11 Å². The van der Waals surface area contributed by atoms with Crippen LogP contribution in [0.2, 0.25) is 0 Å². The molecule has 0 N–H and O–H groups in total. The van der Waals surface area contributed by atoms with Crippen LogP contribution in [0.3, 0.4) is 0 Å². The monoisotopic (exact) mass is 210 g/mol. The number of carbonyl (C=O) groups is 2.